The van der Waals surface area contributed by atoms with Gasteiger partial charge in [0.25, 0.3) is 0 Å². The fraction of sp³-hybridized carbons (Fsp3) is 1.00. The molecule has 0 spiro atoms. The van der Waals surface area contributed by atoms with E-state index < -0.39 is 0 Å². The highest BCUT2D eigenvalue weighted by Crippen LogP contribution is 2.16. The van der Waals surface area contributed by atoms with Gasteiger partial charge < -0.3 is 34.0 Å². The third kappa shape index (κ3) is 21.4. The van der Waals surface area contributed by atoms with Crippen LogP contribution in [-0.2, 0) is 0 Å². The summed E-state index contributed by atoms with van der Waals surface area (Å²) in [5, 5.41) is 9.16. The molecule has 0 rings (SSSR count). The van der Waals surface area contributed by atoms with Gasteiger partial charge in [0, 0.05) is 10.3 Å². The van der Waals surface area contributed by atoms with E-state index in [1.165, 1.54) is 70.8 Å². The average molecular weight is 525 g/mol. The zero-order chi connectivity index (χ0) is 15.2. The second kappa shape index (κ2) is 17.7. The van der Waals surface area contributed by atoms with E-state index in [0.29, 0.717) is 0 Å². The van der Waals surface area contributed by atoms with Crippen molar-refractivity contribution in [2.75, 3.05) is 20.6 Å². The molecule has 2 unspecified atom stereocenters. The summed E-state index contributed by atoms with van der Waals surface area (Å²) in [6, 6.07) is 0. The number of aliphatic hydroxyl groups excluding tert-OH is 1. The molecule has 2 N–H and O–H groups in total. The summed E-state index contributed by atoms with van der Waals surface area (Å²) in [6.45, 7) is 3.19. The molecule has 0 saturated heterocycles. The molecule has 0 aromatic rings. The highest BCUT2D eigenvalue weighted by atomic mass is 127. The smallest absolute Gasteiger partial charge is 0.0776 e. The van der Waals surface area contributed by atoms with Crippen LogP contribution in [0.15, 0.2) is 0 Å². The van der Waals surface area contributed by atoms with Crippen molar-refractivity contribution >= 4 is 22.6 Å². The summed E-state index contributed by atoms with van der Waals surface area (Å²) in [4.78, 5) is 1.57. The molecule has 4 heteroatoms. The van der Waals surface area contributed by atoms with Gasteiger partial charge in [-0.25, -0.2) is 0 Å². The summed E-state index contributed by atoms with van der Waals surface area (Å²) in [5.41, 5.74) is 0. The maximum Gasteiger partial charge on any atom is 0.0776 e. The minimum absolute atomic E-state index is 0. The average Bonchev–Trinajstić information content (AvgIpc) is 2.38. The molecule has 0 amide bonds. The van der Waals surface area contributed by atoms with Gasteiger partial charge in [0.2, 0.25) is 0 Å². The van der Waals surface area contributed by atoms with Crippen LogP contribution < -0.4 is 28.9 Å². The van der Waals surface area contributed by atoms with Crippen LogP contribution in [0.4, 0.5) is 0 Å². The third-order valence-electron chi connectivity index (χ3n) is 3.85. The molecule has 0 radical (unpaired) electrons. The van der Waals surface area contributed by atoms with Crippen molar-refractivity contribution in [3.8, 4) is 0 Å². The molecule has 130 valence electrons. The molecule has 0 fully saturated rings. The van der Waals surface area contributed by atoms with Gasteiger partial charge >= 0.3 is 0 Å². The standard InChI is InChI=1S/C17H36INO.HI/c1-16(20)12-10-8-6-4-5-7-9-11-13-17(18)14-15-19(2)3;/h16-17,20H,4-15H2,1-3H3;1H. The summed E-state index contributed by atoms with van der Waals surface area (Å²) >= 11 is 2.63. The number of hydrogen-bond donors (Lipinski definition) is 2. The van der Waals surface area contributed by atoms with Crippen LogP contribution in [0.2, 0.25) is 0 Å². The molecular formula is C17H37I2NO. The molecule has 0 saturated carbocycles. The lowest BCUT2D eigenvalue weighted by molar-refractivity contribution is -0.858. The SMILES string of the molecule is CC(O)CCCCCCCCCCC(I)CC[NH+](C)C.[I-]. The van der Waals surface area contributed by atoms with E-state index >= 15 is 0 Å². The Kier molecular flexibility index (Phi) is 20.8. The van der Waals surface area contributed by atoms with Gasteiger partial charge in [-0.2, -0.15) is 0 Å². The number of nitrogens with one attached hydrogen (secondary N) is 1. The molecule has 0 aliphatic rings. The first-order valence-corrected chi connectivity index (χ1v) is 9.88. The molecule has 0 aliphatic carbocycles. The lowest BCUT2D eigenvalue weighted by atomic mass is 10.0. The van der Waals surface area contributed by atoms with Crippen molar-refractivity contribution in [2.45, 2.75) is 87.6 Å². The van der Waals surface area contributed by atoms with Crippen molar-refractivity contribution in [1.29, 1.82) is 0 Å². The first-order valence-electron chi connectivity index (χ1n) is 8.63. The molecule has 0 bridgehead atoms. The van der Waals surface area contributed by atoms with Crippen LogP contribution in [-0.4, -0.2) is 35.8 Å². The first kappa shape index (κ1) is 24.6. The van der Waals surface area contributed by atoms with Gasteiger partial charge in [-0.15, -0.1) is 0 Å². The van der Waals surface area contributed by atoms with Crippen LogP contribution in [0.3, 0.4) is 0 Å². The van der Waals surface area contributed by atoms with Gasteiger partial charge in [-0.1, -0.05) is 74.0 Å². The van der Waals surface area contributed by atoms with E-state index in [1.54, 1.807) is 4.90 Å². The van der Waals surface area contributed by atoms with E-state index in [9.17, 15) is 0 Å². The Morgan fingerprint density at radius 1 is 0.810 bits per heavy atom. The Hall–Kier alpha value is 1.38. The number of alkyl halides is 1. The zero-order valence-electron chi connectivity index (χ0n) is 14.3. The number of quaternary nitrogens is 1. The largest absolute Gasteiger partial charge is 1.00 e. The third-order valence-corrected chi connectivity index (χ3v) is 5.09. The van der Waals surface area contributed by atoms with Crippen LogP contribution in [0, 0.1) is 0 Å². The van der Waals surface area contributed by atoms with E-state index in [0.717, 1.165) is 10.3 Å². The number of hydrogen-bond acceptors (Lipinski definition) is 1. The Balaban J connectivity index is 0. The monoisotopic (exact) mass is 525 g/mol. The molecule has 2 nitrogen and oxygen atoms in total. The maximum atomic E-state index is 9.16. The highest BCUT2D eigenvalue weighted by molar-refractivity contribution is 14.1. The quantitative estimate of drug-likeness (QED) is 0.194. The molecule has 0 aromatic carbocycles. The molecule has 0 aromatic heterocycles. The second-order valence-corrected chi connectivity index (χ2v) is 8.36. The van der Waals surface area contributed by atoms with Gasteiger partial charge in [0.1, 0.15) is 0 Å². The molecular weight excluding hydrogens is 488 g/mol. The highest BCUT2D eigenvalue weighted by Gasteiger charge is 2.05. The topological polar surface area (TPSA) is 24.7 Å². The van der Waals surface area contributed by atoms with Crippen molar-refractivity contribution < 1.29 is 34.0 Å². The van der Waals surface area contributed by atoms with Gasteiger partial charge in [0.15, 0.2) is 0 Å². The van der Waals surface area contributed by atoms with E-state index in [2.05, 4.69) is 36.7 Å². The van der Waals surface area contributed by atoms with Crippen LogP contribution in [0.5, 0.6) is 0 Å². The van der Waals surface area contributed by atoms with Gasteiger partial charge in [-0.3, -0.25) is 0 Å². The number of rotatable bonds is 14. The maximum absolute atomic E-state index is 9.16. The number of halogens is 2. The Morgan fingerprint density at radius 2 is 1.24 bits per heavy atom. The summed E-state index contributed by atoms with van der Waals surface area (Å²) in [6.07, 6.45) is 14.5. The van der Waals surface area contributed by atoms with E-state index in [-0.39, 0.29) is 30.1 Å². The van der Waals surface area contributed by atoms with Gasteiger partial charge in [0.05, 0.1) is 26.7 Å². The van der Waals surface area contributed by atoms with Crippen LogP contribution in [0.1, 0.15) is 77.6 Å². The van der Waals surface area contributed by atoms with Crippen molar-refractivity contribution in [3.05, 3.63) is 0 Å². The predicted molar refractivity (Wildman–Crippen MR) is 98.0 cm³/mol. The number of aliphatic hydroxyl groups is 1. The number of unbranched alkanes of at least 4 members (excludes halogenated alkanes) is 7. The molecule has 0 heterocycles. The van der Waals surface area contributed by atoms with Crippen molar-refractivity contribution in [3.63, 3.8) is 0 Å². The minimum Gasteiger partial charge on any atom is -1.00 e. The normalized spacial score (nSPS) is 14.0. The summed E-state index contributed by atoms with van der Waals surface area (Å²) in [7, 11) is 4.48. The first-order chi connectivity index (χ1) is 9.52. The van der Waals surface area contributed by atoms with Crippen molar-refractivity contribution in [1.82, 2.24) is 0 Å². The molecule has 2 atom stereocenters. The van der Waals surface area contributed by atoms with Crippen molar-refractivity contribution in [2.24, 2.45) is 0 Å². The molecule has 21 heavy (non-hydrogen) atoms. The lowest BCUT2D eigenvalue weighted by Gasteiger charge is -2.11. The Labute approximate surface area is 164 Å². The lowest BCUT2D eigenvalue weighted by Crippen LogP contribution is -3.05. The van der Waals surface area contributed by atoms with Gasteiger partial charge in [-0.05, 0) is 19.8 Å². The van der Waals surface area contributed by atoms with E-state index in [4.69, 9.17) is 5.11 Å². The Morgan fingerprint density at radius 3 is 1.67 bits per heavy atom. The summed E-state index contributed by atoms with van der Waals surface area (Å²) in [5.74, 6) is 0. The minimum atomic E-state index is -0.106. The predicted octanol–water partition coefficient (Wildman–Crippen LogP) is 0.610. The second-order valence-electron chi connectivity index (χ2n) is 6.60. The van der Waals surface area contributed by atoms with E-state index in [1.807, 2.05) is 6.92 Å². The fourth-order valence-corrected chi connectivity index (χ4v) is 3.21. The fourth-order valence-electron chi connectivity index (χ4n) is 2.46. The zero-order valence-corrected chi connectivity index (χ0v) is 18.7. The Bertz CT molecular complexity index is 201. The summed E-state index contributed by atoms with van der Waals surface area (Å²) < 4.78 is 0.878. The van der Waals surface area contributed by atoms with Crippen LogP contribution >= 0.6 is 22.6 Å². The van der Waals surface area contributed by atoms with Crippen LogP contribution in [0.25, 0.3) is 0 Å². The molecule has 0 aliphatic heterocycles.